The zero-order valence-corrected chi connectivity index (χ0v) is 12.2. The second kappa shape index (κ2) is 6.02. The van der Waals surface area contributed by atoms with E-state index in [1.807, 2.05) is 32.9 Å². The Balaban J connectivity index is 1.86. The molecule has 2 aromatic heterocycles. The first-order valence-electron chi connectivity index (χ1n) is 6.33. The first kappa shape index (κ1) is 13.8. The number of carbonyl (C=O) groups excluding carboxylic acids is 1. The summed E-state index contributed by atoms with van der Waals surface area (Å²) in [5, 5.41) is 3.92. The fourth-order valence-corrected chi connectivity index (χ4v) is 2.74. The van der Waals surface area contributed by atoms with Crippen LogP contribution in [0.1, 0.15) is 39.5 Å². The first-order valence-corrected chi connectivity index (χ1v) is 7.15. The highest BCUT2D eigenvalue weighted by Crippen LogP contribution is 2.17. The van der Waals surface area contributed by atoms with Crippen LogP contribution >= 0.6 is 11.3 Å². The van der Waals surface area contributed by atoms with E-state index in [1.165, 1.54) is 11.3 Å². The highest BCUT2D eigenvalue weighted by atomic mass is 32.1. The average molecular weight is 278 g/mol. The van der Waals surface area contributed by atoms with E-state index in [4.69, 9.17) is 4.42 Å². The Morgan fingerprint density at radius 2 is 2.32 bits per heavy atom. The van der Waals surface area contributed by atoms with Crippen LogP contribution in [0.3, 0.4) is 0 Å². The topological polar surface area (TPSA) is 55.1 Å². The molecule has 4 nitrogen and oxygen atoms in total. The number of nitrogens with zero attached hydrogens (tertiary/aromatic N) is 1. The van der Waals surface area contributed by atoms with Gasteiger partial charge in [0.15, 0.2) is 0 Å². The van der Waals surface area contributed by atoms with E-state index in [-0.39, 0.29) is 11.9 Å². The predicted molar refractivity (Wildman–Crippen MR) is 75.5 cm³/mol. The molecule has 0 aromatic carbocycles. The molecule has 0 bridgehead atoms. The molecule has 0 radical (unpaired) electrons. The van der Waals surface area contributed by atoms with Gasteiger partial charge in [0.1, 0.15) is 10.6 Å². The van der Waals surface area contributed by atoms with Gasteiger partial charge in [0.25, 0.3) is 5.91 Å². The van der Waals surface area contributed by atoms with Gasteiger partial charge in [-0.2, -0.15) is 0 Å². The summed E-state index contributed by atoms with van der Waals surface area (Å²) in [5.41, 5.74) is 0.804. The quantitative estimate of drug-likeness (QED) is 0.914. The van der Waals surface area contributed by atoms with Gasteiger partial charge >= 0.3 is 0 Å². The van der Waals surface area contributed by atoms with Crippen LogP contribution in [0.15, 0.2) is 22.8 Å². The van der Waals surface area contributed by atoms with Crippen LogP contribution in [0.2, 0.25) is 0 Å². The number of aromatic nitrogens is 1. The summed E-state index contributed by atoms with van der Waals surface area (Å²) in [4.78, 5) is 17.1. The molecule has 1 unspecified atom stereocenters. The lowest BCUT2D eigenvalue weighted by molar-refractivity contribution is 0.0941. The number of carbonyl (C=O) groups is 1. The third-order valence-corrected chi connectivity index (χ3v) is 3.96. The van der Waals surface area contributed by atoms with Gasteiger partial charge in [-0.3, -0.25) is 4.79 Å². The van der Waals surface area contributed by atoms with Gasteiger partial charge in [0.05, 0.1) is 17.0 Å². The molecule has 2 rings (SSSR count). The van der Waals surface area contributed by atoms with Crippen LogP contribution in [0.5, 0.6) is 0 Å². The fourth-order valence-electron chi connectivity index (χ4n) is 1.92. The average Bonchev–Trinajstić information content (AvgIpc) is 2.96. The Hall–Kier alpha value is -1.62. The van der Waals surface area contributed by atoms with Gasteiger partial charge in [-0.05, 0) is 39.3 Å². The molecular formula is C14H18N2O2S. The maximum absolute atomic E-state index is 12.1. The predicted octanol–water partition coefficient (Wildman–Crippen LogP) is 3.10. The number of hydrogen-bond donors (Lipinski definition) is 1. The van der Waals surface area contributed by atoms with Crippen LogP contribution in [0.4, 0.5) is 0 Å². The van der Waals surface area contributed by atoms with Crippen molar-refractivity contribution in [3.8, 4) is 0 Å². The molecule has 0 saturated carbocycles. The SMILES string of the molecule is Cc1nc(C)c(C(=O)NC(C)CCc2ccco2)s1. The van der Waals surface area contributed by atoms with Crippen LogP contribution in [-0.4, -0.2) is 16.9 Å². The van der Waals surface area contributed by atoms with E-state index in [0.29, 0.717) is 4.88 Å². The van der Waals surface area contributed by atoms with Crippen molar-refractivity contribution in [1.82, 2.24) is 10.3 Å². The summed E-state index contributed by atoms with van der Waals surface area (Å²) in [6.07, 6.45) is 3.35. The van der Waals surface area contributed by atoms with Crippen LogP contribution in [-0.2, 0) is 6.42 Å². The van der Waals surface area contributed by atoms with Gasteiger partial charge in [0, 0.05) is 12.5 Å². The standard InChI is InChI=1S/C14H18N2O2S/c1-9(6-7-12-5-4-8-18-12)15-14(17)13-10(2)16-11(3)19-13/h4-5,8-9H,6-7H2,1-3H3,(H,15,17). The summed E-state index contributed by atoms with van der Waals surface area (Å²) in [7, 11) is 0. The van der Waals surface area contributed by atoms with Crippen molar-refractivity contribution in [2.45, 2.75) is 39.7 Å². The van der Waals surface area contributed by atoms with Gasteiger partial charge in [-0.25, -0.2) is 4.98 Å². The Kier molecular flexibility index (Phi) is 4.37. The van der Waals surface area contributed by atoms with E-state index < -0.39 is 0 Å². The molecular weight excluding hydrogens is 260 g/mol. The molecule has 1 amide bonds. The second-order valence-corrected chi connectivity index (χ2v) is 5.84. The van der Waals surface area contributed by atoms with E-state index >= 15 is 0 Å². The van der Waals surface area contributed by atoms with Crippen molar-refractivity contribution >= 4 is 17.2 Å². The Morgan fingerprint density at radius 3 is 2.89 bits per heavy atom. The van der Waals surface area contributed by atoms with Gasteiger partial charge < -0.3 is 9.73 Å². The van der Waals surface area contributed by atoms with Crippen molar-refractivity contribution in [1.29, 1.82) is 0 Å². The zero-order chi connectivity index (χ0) is 13.8. The van der Waals surface area contributed by atoms with Gasteiger partial charge in [-0.15, -0.1) is 11.3 Å². The van der Waals surface area contributed by atoms with E-state index in [0.717, 1.165) is 29.3 Å². The molecule has 1 atom stereocenters. The van der Waals surface area contributed by atoms with Crippen molar-refractivity contribution in [3.63, 3.8) is 0 Å². The first-order chi connectivity index (χ1) is 9.06. The molecule has 5 heteroatoms. The minimum absolute atomic E-state index is 0.0324. The van der Waals surface area contributed by atoms with Gasteiger partial charge in [0.2, 0.25) is 0 Å². The highest BCUT2D eigenvalue weighted by molar-refractivity contribution is 7.13. The third kappa shape index (κ3) is 3.67. The summed E-state index contributed by atoms with van der Waals surface area (Å²) in [6, 6.07) is 3.94. The Morgan fingerprint density at radius 1 is 1.53 bits per heavy atom. The lowest BCUT2D eigenvalue weighted by atomic mass is 10.1. The molecule has 0 saturated heterocycles. The maximum atomic E-state index is 12.1. The number of thiazole rings is 1. The molecule has 0 spiro atoms. The molecule has 0 aliphatic heterocycles. The Bertz CT molecular complexity index is 546. The molecule has 2 aromatic rings. The number of amides is 1. The Labute approximate surface area is 116 Å². The summed E-state index contributed by atoms with van der Waals surface area (Å²) < 4.78 is 5.28. The summed E-state index contributed by atoms with van der Waals surface area (Å²) >= 11 is 1.44. The molecule has 0 fully saturated rings. The van der Waals surface area contributed by atoms with Crippen molar-refractivity contribution in [2.24, 2.45) is 0 Å². The minimum atomic E-state index is -0.0324. The normalized spacial score (nSPS) is 12.4. The molecule has 102 valence electrons. The largest absolute Gasteiger partial charge is 0.469 e. The number of furan rings is 1. The van der Waals surface area contributed by atoms with Crippen molar-refractivity contribution in [2.75, 3.05) is 0 Å². The van der Waals surface area contributed by atoms with Crippen molar-refractivity contribution < 1.29 is 9.21 Å². The summed E-state index contributed by atoms with van der Waals surface area (Å²) in [6.45, 7) is 5.78. The number of rotatable bonds is 5. The molecule has 2 heterocycles. The lowest BCUT2D eigenvalue weighted by Gasteiger charge is -2.12. The molecule has 19 heavy (non-hydrogen) atoms. The molecule has 0 aliphatic rings. The van der Waals surface area contributed by atoms with E-state index in [2.05, 4.69) is 10.3 Å². The lowest BCUT2D eigenvalue weighted by Crippen LogP contribution is -2.32. The smallest absolute Gasteiger partial charge is 0.263 e. The second-order valence-electron chi connectivity index (χ2n) is 4.64. The van der Waals surface area contributed by atoms with Crippen LogP contribution in [0.25, 0.3) is 0 Å². The number of hydrogen-bond acceptors (Lipinski definition) is 4. The van der Waals surface area contributed by atoms with Crippen LogP contribution in [0, 0.1) is 13.8 Å². The van der Waals surface area contributed by atoms with E-state index in [1.54, 1.807) is 6.26 Å². The van der Waals surface area contributed by atoms with Crippen molar-refractivity contribution in [3.05, 3.63) is 39.7 Å². The zero-order valence-electron chi connectivity index (χ0n) is 11.4. The van der Waals surface area contributed by atoms with Gasteiger partial charge in [-0.1, -0.05) is 0 Å². The maximum Gasteiger partial charge on any atom is 0.263 e. The fraction of sp³-hybridized carbons (Fsp3) is 0.429. The highest BCUT2D eigenvalue weighted by Gasteiger charge is 2.15. The van der Waals surface area contributed by atoms with Crippen LogP contribution < -0.4 is 5.32 Å². The third-order valence-electron chi connectivity index (χ3n) is 2.89. The molecule has 0 aliphatic carbocycles. The summed E-state index contributed by atoms with van der Waals surface area (Å²) in [5.74, 6) is 0.918. The van der Waals surface area contributed by atoms with E-state index in [9.17, 15) is 4.79 Å². The number of nitrogens with one attached hydrogen (secondary N) is 1. The minimum Gasteiger partial charge on any atom is -0.469 e. The number of aryl methyl sites for hydroxylation is 3. The monoisotopic (exact) mass is 278 g/mol. The molecule has 1 N–H and O–H groups in total.